The van der Waals surface area contributed by atoms with Gasteiger partial charge in [-0.05, 0) is 52.9 Å². The molecule has 0 N–H and O–H groups in total. The maximum Gasteiger partial charge on any atom is 0.416 e. The monoisotopic (exact) mass is 399 g/mol. The van der Waals surface area contributed by atoms with Gasteiger partial charge in [-0.15, -0.1) is 0 Å². The van der Waals surface area contributed by atoms with Crippen LogP contribution in [0.3, 0.4) is 0 Å². The van der Waals surface area contributed by atoms with Gasteiger partial charge in [0.25, 0.3) is 0 Å². The lowest BCUT2D eigenvalue weighted by Crippen LogP contribution is -2.34. The molecular weight excluding hydrogens is 387 g/mol. The molecule has 0 amide bonds. The molecule has 0 aliphatic carbocycles. The summed E-state index contributed by atoms with van der Waals surface area (Å²) in [6.07, 6.45) is -2.15. The van der Waals surface area contributed by atoms with Gasteiger partial charge in [-0.1, -0.05) is 15.9 Å². The Morgan fingerprint density at radius 3 is 2.32 bits per heavy atom. The fourth-order valence-corrected chi connectivity index (χ4v) is 3.54. The number of nitrogens with zero attached hydrogens (tertiary/aromatic N) is 1. The Bertz CT molecular complexity index is 440. The Kier molecular flexibility index (Phi) is 4.82. The molecule has 1 heterocycles. The second-order valence-electron chi connectivity index (χ2n) is 4.75. The van der Waals surface area contributed by atoms with Crippen LogP contribution in [-0.2, 0) is 6.18 Å². The molecule has 0 radical (unpaired) electrons. The highest BCUT2D eigenvalue weighted by Gasteiger charge is 2.31. The molecule has 1 saturated heterocycles. The summed E-state index contributed by atoms with van der Waals surface area (Å²) in [5, 5.41) is 0.995. The van der Waals surface area contributed by atoms with E-state index in [1.807, 2.05) is 0 Å². The Balaban J connectivity index is 2.14. The third kappa shape index (κ3) is 3.66. The molecular formula is C13H14Br2F3N. The Labute approximate surface area is 127 Å². The average Bonchev–Trinajstić information content (AvgIpc) is 2.38. The van der Waals surface area contributed by atoms with Gasteiger partial charge in [0.05, 0.1) is 11.3 Å². The summed E-state index contributed by atoms with van der Waals surface area (Å²) < 4.78 is 38.3. The van der Waals surface area contributed by atoms with Gasteiger partial charge in [0.15, 0.2) is 0 Å². The van der Waals surface area contributed by atoms with Crippen LogP contribution in [0.4, 0.5) is 18.9 Å². The topological polar surface area (TPSA) is 3.24 Å². The SMILES string of the molecule is FC(F)(F)c1ccc(N2CCC(CBr)CC2)c(Br)c1. The van der Waals surface area contributed by atoms with Crippen molar-refractivity contribution in [3.8, 4) is 0 Å². The largest absolute Gasteiger partial charge is 0.416 e. The summed E-state index contributed by atoms with van der Waals surface area (Å²) in [5.74, 6) is 0.671. The molecule has 0 atom stereocenters. The molecule has 0 unspecified atom stereocenters. The van der Waals surface area contributed by atoms with Crippen molar-refractivity contribution in [3.63, 3.8) is 0 Å². The number of benzene rings is 1. The lowest BCUT2D eigenvalue weighted by Gasteiger charge is -2.33. The number of hydrogen-bond acceptors (Lipinski definition) is 1. The fraction of sp³-hybridized carbons (Fsp3) is 0.538. The summed E-state index contributed by atoms with van der Waals surface area (Å²) in [7, 11) is 0. The lowest BCUT2D eigenvalue weighted by atomic mass is 9.98. The third-order valence-corrected chi connectivity index (χ3v) is 5.00. The molecule has 1 aliphatic heterocycles. The molecule has 6 heteroatoms. The van der Waals surface area contributed by atoms with Gasteiger partial charge >= 0.3 is 6.18 Å². The van der Waals surface area contributed by atoms with E-state index in [4.69, 9.17) is 0 Å². The molecule has 19 heavy (non-hydrogen) atoms. The zero-order valence-corrected chi connectivity index (χ0v) is 13.4. The maximum absolute atomic E-state index is 12.6. The van der Waals surface area contributed by atoms with Crippen molar-refractivity contribution in [2.24, 2.45) is 5.92 Å². The molecule has 1 fully saturated rings. The highest BCUT2D eigenvalue weighted by molar-refractivity contribution is 9.10. The second kappa shape index (κ2) is 6.04. The van der Waals surface area contributed by atoms with E-state index in [9.17, 15) is 13.2 Å². The van der Waals surface area contributed by atoms with E-state index in [0.29, 0.717) is 10.4 Å². The third-order valence-electron chi connectivity index (χ3n) is 3.45. The number of rotatable bonds is 2. The highest BCUT2D eigenvalue weighted by Crippen LogP contribution is 2.36. The molecule has 0 saturated carbocycles. The van der Waals surface area contributed by atoms with E-state index in [1.165, 1.54) is 0 Å². The normalized spacial score (nSPS) is 17.8. The van der Waals surface area contributed by atoms with Crippen LogP contribution in [0.25, 0.3) is 0 Å². The summed E-state index contributed by atoms with van der Waals surface area (Å²) >= 11 is 6.74. The Hall–Kier alpha value is -0.230. The summed E-state index contributed by atoms with van der Waals surface area (Å²) in [4.78, 5) is 2.14. The fourth-order valence-electron chi connectivity index (χ4n) is 2.27. The second-order valence-corrected chi connectivity index (χ2v) is 6.25. The molecule has 1 aliphatic rings. The van der Waals surface area contributed by atoms with E-state index in [-0.39, 0.29) is 0 Å². The van der Waals surface area contributed by atoms with Crippen molar-refractivity contribution in [2.45, 2.75) is 19.0 Å². The van der Waals surface area contributed by atoms with Crippen molar-refractivity contribution < 1.29 is 13.2 Å². The standard InChI is InChI=1S/C13H14Br2F3N/c14-8-9-3-5-19(6-4-9)12-2-1-10(7-11(12)15)13(16,17)18/h1-2,7,9H,3-6,8H2. The van der Waals surface area contributed by atoms with Crippen LogP contribution in [0, 0.1) is 5.92 Å². The molecule has 1 aromatic carbocycles. The Morgan fingerprint density at radius 1 is 1.21 bits per heavy atom. The first-order valence-electron chi connectivity index (χ1n) is 6.09. The smallest absolute Gasteiger partial charge is 0.371 e. The summed E-state index contributed by atoms with van der Waals surface area (Å²) in [6.45, 7) is 1.78. The van der Waals surface area contributed by atoms with Crippen LogP contribution in [0.15, 0.2) is 22.7 Å². The number of alkyl halides is 4. The van der Waals surface area contributed by atoms with Gasteiger partial charge in [0.2, 0.25) is 0 Å². The molecule has 0 spiro atoms. The van der Waals surface area contributed by atoms with Gasteiger partial charge in [0, 0.05) is 22.9 Å². The van der Waals surface area contributed by atoms with Crippen LogP contribution in [0.5, 0.6) is 0 Å². The maximum atomic E-state index is 12.6. The minimum absolute atomic E-state index is 0.514. The number of hydrogen-bond donors (Lipinski definition) is 0. The summed E-state index contributed by atoms with van der Waals surface area (Å²) in [5.41, 5.74) is 0.236. The van der Waals surface area contributed by atoms with Gasteiger partial charge in [-0.3, -0.25) is 0 Å². The van der Waals surface area contributed by atoms with Crippen molar-refractivity contribution in [2.75, 3.05) is 23.3 Å². The molecule has 1 aromatic rings. The molecule has 1 nitrogen and oxygen atoms in total. The first-order valence-corrected chi connectivity index (χ1v) is 8.01. The van der Waals surface area contributed by atoms with Gasteiger partial charge in [-0.25, -0.2) is 0 Å². The zero-order chi connectivity index (χ0) is 14.0. The van der Waals surface area contributed by atoms with Crippen molar-refractivity contribution >= 4 is 37.5 Å². The van der Waals surface area contributed by atoms with E-state index >= 15 is 0 Å². The van der Waals surface area contributed by atoms with Crippen LogP contribution < -0.4 is 4.90 Å². The van der Waals surface area contributed by atoms with Crippen LogP contribution in [-0.4, -0.2) is 18.4 Å². The molecule has 106 valence electrons. The van der Waals surface area contributed by atoms with E-state index in [2.05, 4.69) is 36.8 Å². The molecule has 0 bridgehead atoms. The highest BCUT2D eigenvalue weighted by atomic mass is 79.9. The van der Waals surface area contributed by atoms with E-state index < -0.39 is 11.7 Å². The van der Waals surface area contributed by atoms with Crippen LogP contribution in [0.1, 0.15) is 18.4 Å². The van der Waals surface area contributed by atoms with E-state index in [0.717, 1.165) is 49.1 Å². The zero-order valence-electron chi connectivity index (χ0n) is 10.2. The van der Waals surface area contributed by atoms with Gasteiger partial charge < -0.3 is 4.90 Å². The van der Waals surface area contributed by atoms with Crippen LogP contribution >= 0.6 is 31.9 Å². The first-order chi connectivity index (χ1) is 8.91. The number of halogens is 5. The number of piperidine rings is 1. The lowest BCUT2D eigenvalue weighted by molar-refractivity contribution is -0.137. The predicted octanol–water partition coefficient (Wildman–Crippen LogP) is 5.08. The predicted molar refractivity (Wildman–Crippen MR) is 77.9 cm³/mol. The summed E-state index contributed by atoms with van der Waals surface area (Å²) in [6, 6.07) is 3.87. The van der Waals surface area contributed by atoms with Crippen LogP contribution in [0.2, 0.25) is 0 Å². The minimum atomic E-state index is -4.29. The molecule has 2 rings (SSSR count). The van der Waals surface area contributed by atoms with Crippen molar-refractivity contribution in [1.82, 2.24) is 0 Å². The van der Waals surface area contributed by atoms with Gasteiger partial charge in [0.1, 0.15) is 0 Å². The Morgan fingerprint density at radius 2 is 1.84 bits per heavy atom. The minimum Gasteiger partial charge on any atom is -0.371 e. The van der Waals surface area contributed by atoms with Crippen molar-refractivity contribution in [3.05, 3.63) is 28.2 Å². The molecule has 0 aromatic heterocycles. The first kappa shape index (κ1) is 15.2. The van der Waals surface area contributed by atoms with Gasteiger partial charge in [-0.2, -0.15) is 13.2 Å². The quantitative estimate of drug-likeness (QED) is 0.625. The van der Waals surface area contributed by atoms with Crippen molar-refractivity contribution in [1.29, 1.82) is 0 Å². The number of anilines is 1. The average molecular weight is 401 g/mol. The van der Waals surface area contributed by atoms with E-state index in [1.54, 1.807) is 6.07 Å².